The maximum Gasteiger partial charge on any atom is 0.0641 e. The largest absolute Gasteiger partial charge is 0.402 e. The average molecular weight is 151 g/mol. The van der Waals surface area contributed by atoms with E-state index in [1.807, 2.05) is 0 Å². The van der Waals surface area contributed by atoms with E-state index in [2.05, 4.69) is 0 Å². The fourth-order valence-electron chi connectivity index (χ4n) is 0.628. The molecule has 3 heteroatoms. The Kier molecular flexibility index (Phi) is 3.88. The van der Waals surface area contributed by atoms with Crippen molar-refractivity contribution in [3.05, 3.63) is 23.4 Å². The lowest BCUT2D eigenvalue weighted by Crippen LogP contribution is -2.02. The Morgan fingerprint density at radius 2 is 2.00 bits per heavy atom. The van der Waals surface area contributed by atoms with Gasteiger partial charge in [0, 0.05) is 17.5 Å². The first kappa shape index (κ1) is 9.62. The number of rotatable bonds is 3. The van der Waals surface area contributed by atoms with Crippen molar-refractivity contribution in [2.75, 3.05) is 0 Å². The van der Waals surface area contributed by atoms with Crippen molar-refractivity contribution in [2.45, 2.75) is 13.8 Å². The van der Waals surface area contributed by atoms with Gasteiger partial charge in [0.2, 0.25) is 0 Å². The maximum atomic E-state index is 7.40. The molecule has 11 heavy (non-hydrogen) atoms. The van der Waals surface area contributed by atoms with Gasteiger partial charge < -0.3 is 16.6 Å². The van der Waals surface area contributed by atoms with E-state index in [0.29, 0.717) is 11.3 Å². The van der Waals surface area contributed by atoms with Gasteiger partial charge in [-0.05, 0) is 19.9 Å². The molecule has 0 bridgehead atoms. The van der Waals surface area contributed by atoms with Crippen LogP contribution < -0.4 is 5.73 Å². The van der Waals surface area contributed by atoms with E-state index >= 15 is 0 Å². The summed E-state index contributed by atoms with van der Waals surface area (Å²) >= 11 is 0. The third kappa shape index (κ3) is 3.35. The van der Waals surface area contributed by atoms with Gasteiger partial charge in [-0.3, -0.25) is 0 Å². The normalized spacial score (nSPS) is 12.9. The van der Waals surface area contributed by atoms with Crippen molar-refractivity contribution >= 4 is 11.9 Å². The third-order valence-corrected chi connectivity index (χ3v) is 1.15. The fraction of sp³-hybridized carbons (Fsp3) is 0.250. The summed E-state index contributed by atoms with van der Waals surface area (Å²) in [6.45, 7) is 3.50. The smallest absolute Gasteiger partial charge is 0.0641 e. The predicted octanol–water partition coefficient (Wildman–Crippen LogP) is 1.46. The lowest BCUT2D eigenvalue weighted by Gasteiger charge is -1.96. The molecule has 0 aromatic heterocycles. The van der Waals surface area contributed by atoms with Gasteiger partial charge in [0.25, 0.3) is 0 Å². The van der Waals surface area contributed by atoms with Gasteiger partial charge in [0.1, 0.15) is 0 Å². The second-order valence-electron chi connectivity index (χ2n) is 2.19. The van der Waals surface area contributed by atoms with E-state index in [-0.39, 0.29) is 5.71 Å². The van der Waals surface area contributed by atoms with Crippen molar-refractivity contribution in [3.8, 4) is 0 Å². The summed E-state index contributed by atoms with van der Waals surface area (Å²) in [6, 6.07) is 0. The number of hydrogen-bond donors (Lipinski definition) is 3. The molecule has 0 saturated heterocycles. The van der Waals surface area contributed by atoms with Crippen LogP contribution in [0.5, 0.6) is 0 Å². The molecule has 3 nitrogen and oxygen atoms in total. The molecule has 0 atom stereocenters. The number of nitrogens with one attached hydrogen (secondary N) is 2. The lowest BCUT2D eigenvalue weighted by atomic mass is 10.1. The molecule has 0 amide bonds. The van der Waals surface area contributed by atoms with Crippen molar-refractivity contribution in [3.63, 3.8) is 0 Å². The zero-order valence-electron chi connectivity index (χ0n) is 6.81. The molecule has 0 radical (unpaired) electrons. The van der Waals surface area contributed by atoms with Crippen LogP contribution in [0.25, 0.3) is 0 Å². The van der Waals surface area contributed by atoms with E-state index in [9.17, 15) is 0 Å². The van der Waals surface area contributed by atoms with Crippen molar-refractivity contribution in [1.82, 2.24) is 0 Å². The van der Waals surface area contributed by atoms with Gasteiger partial charge >= 0.3 is 0 Å². The zero-order chi connectivity index (χ0) is 8.85. The minimum atomic E-state index is 0.280. The molecule has 0 saturated carbocycles. The molecule has 0 spiro atoms. The molecule has 0 fully saturated rings. The molecule has 0 aromatic rings. The summed E-state index contributed by atoms with van der Waals surface area (Å²) in [5.41, 5.74) is 6.80. The van der Waals surface area contributed by atoms with Crippen LogP contribution in [0.2, 0.25) is 0 Å². The summed E-state index contributed by atoms with van der Waals surface area (Å²) in [6.07, 6.45) is 4.37. The number of allylic oxidation sites excluding steroid dienone is 4. The summed E-state index contributed by atoms with van der Waals surface area (Å²) in [7, 11) is 0. The molecule has 0 aliphatic rings. The molecule has 0 unspecified atom stereocenters. The van der Waals surface area contributed by atoms with Crippen LogP contribution in [0, 0.1) is 10.8 Å². The van der Waals surface area contributed by atoms with Crippen molar-refractivity contribution in [2.24, 2.45) is 5.73 Å². The van der Waals surface area contributed by atoms with Gasteiger partial charge in [0.15, 0.2) is 0 Å². The van der Waals surface area contributed by atoms with E-state index in [0.717, 1.165) is 6.21 Å². The van der Waals surface area contributed by atoms with Crippen LogP contribution in [0.1, 0.15) is 13.8 Å². The van der Waals surface area contributed by atoms with E-state index < -0.39 is 0 Å². The van der Waals surface area contributed by atoms with Crippen LogP contribution >= 0.6 is 0 Å². The third-order valence-electron chi connectivity index (χ3n) is 1.15. The Bertz CT molecular complexity index is 219. The Balaban J connectivity index is 4.49. The second-order valence-corrected chi connectivity index (χ2v) is 2.19. The predicted molar refractivity (Wildman–Crippen MR) is 48.2 cm³/mol. The highest BCUT2D eigenvalue weighted by Crippen LogP contribution is 1.95. The Morgan fingerprint density at radius 1 is 1.45 bits per heavy atom. The van der Waals surface area contributed by atoms with Gasteiger partial charge in [-0.25, -0.2) is 0 Å². The Labute approximate surface area is 66.6 Å². The highest BCUT2D eigenvalue weighted by atomic mass is 14.6. The second kappa shape index (κ2) is 4.44. The fourth-order valence-corrected chi connectivity index (χ4v) is 0.628. The summed E-state index contributed by atoms with van der Waals surface area (Å²) < 4.78 is 0. The van der Waals surface area contributed by atoms with Crippen LogP contribution in [0.3, 0.4) is 0 Å². The van der Waals surface area contributed by atoms with Gasteiger partial charge in [-0.2, -0.15) is 0 Å². The molecular weight excluding hydrogens is 138 g/mol. The molecule has 0 aliphatic carbocycles. The molecule has 0 rings (SSSR count). The standard InChI is InChI=1S/C8H13N3/c1-3-7(5-9)8(11)4-6(2)10/h3-5,9,11H,10H2,1-2H3/b6-4+,7-3+,9-5?,11-8?. The monoisotopic (exact) mass is 151 g/mol. The SMILES string of the molecule is C/C=C(\C=N)C(=N)/C=C(\C)N. The van der Waals surface area contributed by atoms with Gasteiger partial charge in [0.05, 0.1) is 5.71 Å². The topological polar surface area (TPSA) is 73.7 Å². The first-order valence-electron chi connectivity index (χ1n) is 3.31. The first-order valence-corrected chi connectivity index (χ1v) is 3.31. The molecule has 0 heterocycles. The minimum absolute atomic E-state index is 0.280. The number of hydrogen-bond acceptors (Lipinski definition) is 3. The van der Waals surface area contributed by atoms with E-state index in [1.54, 1.807) is 19.9 Å². The molecule has 4 N–H and O–H groups in total. The van der Waals surface area contributed by atoms with Crippen LogP contribution in [-0.4, -0.2) is 11.9 Å². The molecular formula is C8H13N3. The van der Waals surface area contributed by atoms with Crippen LogP contribution in [-0.2, 0) is 0 Å². The zero-order valence-corrected chi connectivity index (χ0v) is 6.81. The summed E-state index contributed by atoms with van der Waals surface area (Å²) in [4.78, 5) is 0. The number of nitrogens with two attached hydrogens (primary N) is 1. The first-order chi connectivity index (χ1) is 5.11. The van der Waals surface area contributed by atoms with Crippen LogP contribution in [0.4, 0.5) is 0 Å². The highest BCUT2D eigenvalue weighted by molar-refractivity contribution is 6.19. The van der Waals surface area contributed by atoms with Crippen LogP contribution in [0.15, 0.2) is 23.4 Å². The summed E-state index contributed by atoms with van der Waals surface area (Å²) in [5, 5.41) is 14.3. The molecule has 0 aliphatic heterocycles. The Morgan fingerprint density at radius 3 is 2.27 bits per heavy atom. The van der Waals surface area contributed by atoms with Crippen molar-refractivity contribution < 1.29 is 0 Å². The maximum absolute atomic E-state index is 7.40. The van der Waals surface area contributed by atoms with Gasteiger partial charge in [-0.1, -0.05) is 6.08 Å². The highest BCUT2D eigenvalue weighted by Gasteiger charge is 1.95. The van der Waals surface area contributed by atoms with Gasteiger partial charge in [-0.15, -0.1) is 0 Å². The molecule has 60 valence electrons. The minimum Gasteiger partial charge on any atom is -0.402 e. The average Bonchev–Trinajstić information content (AvgIpc) is 1.88. The lowest BCUT2D eigenvalue weighted by molar-refractivity contribution is 1.32. The van der Waals surface area contributed by atoms with E-state index in [4.69, 9.17) is 16.6 Å². The molecule has 0 aromatic carbocycles. The van der Waals surface area contributed by atoms with E-state index in [1.165, 1.54) is 6.08 Å². The van der Waals surface area contributed by atoms with Crippen molar-refractivity contribution in [1.29, 1.82) is 10.8 Å². The summed E-state index contributed by atoms with van der Waals surface area (Å²) in [5.74, 6) is 0. The Hall–Kier alpha value is -1.38. The quantitative estimate of drug-likeness (QED) is 0.525.